The van der Waals surface area contributed by atoms with Crippen molar-refractivity contribution in [3.05, 3.63) is 16.4 Å². The number of nitrogens with zero attached hydrogens (tertiary/aromatic N) is 2. The van der Waals surface area contributed by atoms with Crippen LogP contribution in [0.1, 0.15) is 12.6 Å². The minimum atomic E-state index is -1.76. The summed E-state index contributed by atoms with van der Waals surface area (Å²) in [7, 11) is 1.69. The molecule has 0 aliphatic carbocycles. The molecule has 5 nitrogen and oxygen atoms in total. The maximum Gasteiger partial charge on any atom is 0.335 e. The first kappa shape index (κ1) is 11.2. The summed E-state index contributed by atoms with van der Waals surface area (Å²) in [5, 5.41) is 22.2. The van der Waals surface area contributed by atoms with Crippen LogP contribution in [0.2, 0.25) is 0 Å². The molecule has 1 heterocycles. The molecule has 6 heteroatoms. The molecule has 0 aliphatic rings. The van der Waals surface area contributed by atoms with Crippen molar-refractivity contribution in [2.24, 2.45) is 7.05 Å². The summed E-state index contributed by atoms with van der Waals surface area (Å²) in [4.78, 5) is 10.7. The number of carboxylic acid groups (broad SMARTS) is 1. The van der Waals surface area contributed by atoms with E-state index < -0.39 is 11.6 Å². The summed E-state index contributed by atoms with van der Waals surface area (Å²) in [5.41, 5.74) is -1.10. The molecule has 0 saturated heterocycles. The first-order valence-corrected chi connectivity index (χ1v) is 4.76. The fourth-order valence-electron chi connectivity index (χ4n) is 1.06. The number of hydrogen-bond donors (Lipinski definition) is 2. The van der Waals surface area contributed by atoms with E-state index in [1.807, 2.05) is 0 Å². The van der Waals surface area contributed by atoms with Crippen LogP contribution in [0.4, 0.5) is 0 Å². The van der Waals surface area contributed by atoms with Crippen molar-refractivity contribution >= 4 is 21.9 Å². The first-order valence-electron chi connectivity index (χ1n) is 3.97. The van der Waals surface area contributed by atoms with E-state index in [1.165, 1.54) is 11.6 Å². The van der Waals surface area contributed by atoms with Gasteiger partial charge in [-0.1, -0.05) is 0 Å². The summed E-state index contributed by atoms with van der Waals surface area (Å²) in [5.74, 6) is -1.24. The zero-order valence-corrected chi connectivity index (χ0v) is 9.45. The summed E-state index contributed by atoms with van der Waals surface area (Å²) in [6.07, 6.45) is 0.0252. The van der Waals surface area contributed by atoms with Crippen molar-refractivity contribution in [3.8, 4) is 0 Å². The molecular weight excluding hydrogens is 252 g/mol. The molecule has 0 spiro atoms. The second kappa shape index (κ2) is 3.70. The average molecular weight is 263 g/mol. The van der Waals surface area contributed by atoms with Crippen LogP contribution in [-0.4, -0.2) is 31.6 Å². The molecule has 1 aromatic rings. The van der Waals surface area contributed by atoms with Crippen molar-refractivity contribution in [3.63, 3.8) is 0 Å². The number of hydrogen-bond acceptors (Lipinski definition) is 3. The minimum Gasteiger partial charge on any atom is -0.479 e. The van der Waals surface area contributed by atoms with E-state index >= 15 is 0 Å². The maximum atomic E-state index is 10.7. The predicted molar refractivity (Wildman–Crippen MR) is 52.9 cm³/mol. The van der Waals surface area contributed by atoms with Crippen molar-refractivity contribution in [1.82, 2.24) is 9.78 Å². The van der Waals surface area contributed by atoms with Gasteiger partial charge in [0.15, 0.2) is 5.60 Å². The predicted octanol–water partition coefficient (Wildman–Crippen LogP) is 0.561. The van der Waals surface area contributed by atoms with Crippen molar-refractivity contribution in [2.45, 2.75) is 18.9 Å². The van der Waals surface area contributed by atoms with Crippen LogP contribution in [-0.2, 0) is 18.3 Å². The van der Waals surface area contributed by atoms with Gasteiger partial charge in [-0.25, -0.2) is 4.79 Å². The van der Waals surface area contributed by atoms with E-state index in [4.69, 9.17) is 5.11 Å². The molecule has 0 radical (unpaired) electrons. The lowest BCUT2D eigenvalue weighted by Gasteiger charge is -2.17. The van der Waals surface area contributed by atoms with Crippen LogP contribution in [0.5, 0.6) is 0 Å². The van der Waals surface area contributed by atoms with Gasteiger partial charge in [-0.3, -0.25) is 4.68 Å². The topological polar surface area (TPSA) is 75.3 Å². The number of aromatic nitrogens is 2. The fraction of sp³-hybridized carbons (Fsp3) is 0.500. The number of carbonyl (C=O) groups is 1. The lowest BCUT2D eigenvalue weighted by atomic mass is 10.0. The Morgan fingerprint density at radius 2 is 2.36 bits per heavy atom. The number of aryl methyl sites for hydroxylation is 1. The second-order valence-corrected chi connectivity index (χ2v) is 4.15. The molecule has 0 fully saturated rings. The van der Waals surface area contributed by atoms with E-state index in [2.05, 4.69) is 21.0 Å². The van der Waals surface area contributed by atoms with Gasteiger partial charge in [-0.2, -0.15) is 5.10 Å². The standard InChI is InChI=1S/C8H11BrN2O3/c1-8(14,7(12)13)4-5-3-6(9)10-11(5)2/h3,14H,4H2,1-2H3,(H,12,13). The monoisotopic (exact) mass is 262 g/mol. The molecule has 14 heavy (non-hydrogen) atoms. The maximum absolute atomic E-state index is 10.7. The highest BCUT2D eigenvalue weighted by molar-refractivity contribution is 9.10. The van der Waals surface area contributed by atoms with Gasteiger partial charge < -0.3 is 10.2 Å². The van der Waals surface area contributed by atoms with Gasteiger partial charge >= 0.3 is 5.97 Å². The Morgan fingerprint density at radius 3 is 2.71 bits per heavy atom. The lowest BCUT2D eigenvalue weighted by molar-refractivity contribution is -0.156. The minimum absolute atomic E-state index is 0.0252. The molecule has 1 aromatic heterocycles. The molecular formula is C8H11BrN2O3. The highest BCUT2D eigenvalue weighted by Gasteiger charge is 2.31. The fourth-order valence-corrected chi connectivity index (χ4v) is 1.56. The Labute approximate surface area is 89.5 Å². The zero-order chi connectivity index (χ0) is 10.9. The highest BCUT2D eigenvalue weighted by Crippen LogP contribution is 2.16. The molecule has 0 aliphatic heterocycles. The molecule has 1 atom stereocenters. The van der Waals surface area contributed by atoms with Crippen LogP contribution in [0.15, 0.2) is 10.7 Å². The van der Waals surface area contributed by atoms with E-state index in [1.54, 1.807) is 13.1 Å². The van der Waals surface area contributed by atoms with Gasteiger partial charge in [0.25, 0.3) is 0 Å². The van der Waals surface area contributed by atoms with Crippen molar-refractivity contribution < 1.29 is 15.0 Å². The molecule has 2 N–H and O–H groups in total. The smallest absolute Gasteiger partial charge is 0.335 e. The zero-order valence-electron chi connectivity index (χ0n) is 7.86. The van der Waals surface area contributed by atoms with Crippen LogP contribution in [0, 0.1) is 0 Å². The molecule has 0 saturated carbocycles. The van der Waals surface area contributed by atoms with Crippen molar-refractivity contribution in [2.75, 3.05) is 0 Å². The summed E-state index contributed by atoms with van der Waals surface area (Å²) in [6.45, 7) is 1.26. The van der Waals surface area contributed by atoms with E-state index in [-0.39, 0.29) is 6.42 Å². The largest absolute Gasteiger partial charge is 0.479 e. The van der Waals surface area contributed by atoms with E-state index in [0.29, 0.717) is 10.3 Å². The van der Waals surface area contributed by atoms with Crippen LogP contribution in [0.25, 0.3) is 0 Å². The Kier molecular flexibility index (Phi) is 2.96. The summed E-state index contributed by atoms with van der Waals surface area (Å²) >= 11 is 3.17. The van der Waals surface area contributed by atoms with Crippen molar-refractivity contribution in [1.29, 1.82) is 0 Å². The SMILES string of the molecule is Cn1nc(Br)cc1CC(C)(O)C(=O)O. The van der Waals surface area contributed by atoms with Gasteiger partial charge in [0.1, 0.15) is 4.60 Å². The molecule has 78 valence electrons. The molecule has 1 unspecified atom stereocenters. The van der Waals surface area contributed by atoms with Crippen LogP contribution >= 0.6 is 15.9 Å². The van der Waals surface area contributed by atoms with E-state index in [0.717, 1.165) is 0 Å². The van der Waals surface area contributed by atoms with Gasteiger partial charge in [0, 0.05) is 19.2 Å². The number of carboxylic acids is 1. The Hall–Kier alpha value is -0.880. The quantitative estimate of drug-likeness (QED) is 0.835. The van der Waals surface area contributed by atoms with E-state index in [9.17, 15) is 9.90 Å². The third-order valence-electron chi connectivity index (χ3n) is 1.93. The first-order chi connectivity index (χ1) is 6.33. The number of aliphatic hydroxyl groups is 1. The second-order valence-electron chi connectivity index (χ2n) is 3.34. The third-order valence-corrected chi connectivity index (χ3v) is 2.32. The number of aliphatic carboxylic acids is 1. The Morgan fingerprint density at radius 1 is 1.79 bits per heavy atom. The van der Waals surface area contributed by atoms with Crippen LogP contribution in [0.3, 0.4) is 0 Å². The number of halogens is 1. The Balaban J connectivity index is 2.88. The summed E-state index contributed by atoms with van der Waals surface area (Å²) in [6, 6.07) is 1.68. The van der Waals surface area contributed by atoms with Crippen LogP contribution < -0.4 is 0 Å². The third kappa shape index (κ3) is 2.33. The molecule has 1 rings (SSSR count). The summed E-state index contributed by atoms with van der Waals surface area (Å²) < 4.78 is 2.15. The molecule has 0 amide bonds. The van der Waals surface area contributed by atoms with Gasteiger partial charge in [0.05, 0.1) is 0 Å². The lowest BCUT2D eigenvalue weighted by Crippen LogP contribution is -2.37. The molecule has 0 bridgehead atoms. The average Bonchev–Trinajstić information content (AvgIpc) is 2.29. The number of rotatable bonds is 3. The van der Waals surface area contributed by atoms with Gasteiger partial charge in [-0.15, -0.1) is 0 Å². The van der Waals surface area contributed by atoms with Gasteiger partial charge in [-0.05, 0) is 28.9 Å². The van der Waals surface area contributed by atoms with Gasteiger partial charge in [0.2, 0.25) is 0 Å². The highest BCUT2D eigenvalue weighted by atomic mass is 79.9. The molecule has 0 aromatic carbocycles. The Bertz CT molecular complexity index is 359. The normalized spacial score (nSPS) is 15.1.